The van der Waals surface area contributed by atoms with E-state index in [-0.39, 0.29) is 22.6 Å². The van der Waals surface area contributed by atoms with E-state index in [0.717, 1.165) is 0 Å². The molecule has 0 bridgehead atoms. The van der Waals surface area contributed by atoms with Crippen molar-refractivity contribution in [3.8, 4) is 11.2 Å². The lowest BCUT2D eigenvalue weighted by Crippen LogP contribution is -2.59. The molecule has 4 heterocycles. The highest BCUT2D eigenvalue weighted by atomic mass is 32.2. The maximum Gasteiger partial charge on any atom is 0.407 e. The van der Waals surface area contributed by atoms with Gasteiger partial charge in [0.2, 0.25) is 15.2 Å². The summed E-state index contributed by atoms with van der Waals surface area (Å²) in [4.78, 5) is 24.3. The first-order chi connectivity index (χ1) is 20.2. The van der Waals surface area contributed by atoms with Crippen molar-refractivity contribution in [2.45, 2.75) is 56.5 Å². The van der Waals surface area contributed by atoms with Gasteiger partial charge in [-0.15, -0.1) is 10.2 Å². The van der Waals surface area contributed by atoms with E-state index in [2.05, 4.69) is 24.9 Å². The van der Waals surface area contributed by atoms with Crippen LogP contribution >= 0.6 is 11.3 Å². The molecule has 4 aromatic rings. The fraction of sp³-hybridized carbons (Fsp3) is 0.462. The summed E-state index contributed by atoms with van der Waals surface area (Å²) >= 11 is 0.651. The molecule has 1 unspecified atom stereocenters. The highest BCUT2D eigenvalue weighted by molar-refractivity contribution is 7.89. The van der Waals surface area contributed by atoms with Gasteiger partial charge in [0.25, 0.3) is 6.43 Å². The lowest BCUT2D eigenvalue weighted by molar-refractivity contribution is 0.0747. The molecule has 1 aliphatic heterocycles. The van der Waals surface area contributed by atoms with Crippen LogP contribution in [-0.2, 0) is 10.0 Å². The summed E-state index contributed by atoms with van der Waals surface area (Å²) < 4.78 is 57.5. The van der Waals surface area contributed by atoms with Crippen LogP contribution in [0.3, 0.4) is 0 Å². The highest BCUT2D eigenvalue weighted by Crippen LogP contribution is 2.41. The molecule has 17 heteroatoms. The van der Waals surface area contributed by atoms with Crippen molar-refractivity contribution in [3.05, 3.63) is 29.5 Å². The van der Waals surface area contributed by atoms with Crippen molar-refractivity contribution < 1.29 is 27.1 Å². The quantitative estimate of drug-likeness (QED) is 0.318. The van der Waals surface area contributed by atoms with E-state index in [0.29, 0.717) is 65.0 Å². The third-order valence-electron chi connectivity index (χ3n) is 7.84. The molecular formula is C26H27F2N9O4S2. The van der Waals surface area contributed by atoms with Crippen LogP contribution < -0.4 is 9.62 Å². The van der Waals surface area contributed by atoms with E-state index < -0.39 is 38.5 Å². The second-order valence-corrected chi connectivity index (χ2v) is 14.4. The van der Waals surface area contributed by atoms with Crippen molar-refractivity contribution in [2.75, 3.05) is 24.5 Å². The third-order valence-corrected chi connectivity index (χ3v) is 10.3. The number of hydrogen-bond donors (Lipinski definition) is 2. The van der Waals surface area contributed by atoms with Gasteiger partial charge in [0.1, 0.15) is 17.7 Å². The van der Waals surface area contributed by atoms with Gasteiger partial charge in [0.05, 0.1) is 27.9 Å². The lowest BCUT2D eigenvalue weighted by Gasteiger charge is -2.46. The summed E-state index contributed by atoms with van der Waals surface area (Å²) in [5, 5.41) is 27.5. The fourth-order valence-electron chi connectivity index (χ4n) is 5.43. The van der Waals surface area contributed by atoms with Gasteiger partial charge in [-0.2, -0.15) is 9.98 Å². The largest absolute Gasteiger partial charge is 0.465 e. The molecule has 2 fully saturated rings. The Morgan fingerprint density at radius 3 is 2.58 bits per heavy atom. The van der Waals surface area contributed by atoms with E-state index in [1.54, 1.807) is 6.07 Å². The molecule has 226 valence electrons. The topological polar surface area (TPSA) is 170 Å². The summed E-state index contributed by atoms with van der Waals surface area (Å²) in [5.74, 6) is 0.488. The van der Waals surface area contributed by atoms with Crippen molar-refractivity contribution in [3.63, 3.8) is 0 Å². The van der Waals surface area contributed by atoms with Crippen LogP contribution in [0.1, 0.15) is 45.0 Å². The number of aromatic nitrogens is 5. The molecule has 2 aliphatic rings. The molecule has 6 rings (SSSR count). The van der Waals surface area contributed by atoms with E-state index in [9.17, 15) is 32.4 Å². The Kier molecular flexibility index (Phi) is 6.78. The Morgan fingerprint density at radius 2 is 1.98 bits per heavy atom. The van der Waals surface area contributed by atoms with Gasteiger partial charge in [-0.1, -0.05) is 38.2 Å². The number of carbonyl (C=O) groups is 1. The molecule has 1 atom stereocenters. The normalized spacial score (nSPS) is 18.9. The standard InChI is InChI=1S/C26H27F2N9O4S2/c1-25(2,3)17-11-35(8-9-36(17)24(38)39)20-18-15-5-4-14(43(40,41)34-26(12-29)6-7-26)10-16(15)37(21(18)31-13-30-20)23-33-32-22(42-23)19(27)28/h4-5,10,13,17,19,34H,6-9,11H2,1-3H3,(H,38,39). The number of benzene rings is 1. The van der Waals surface area contributed by atoms with Crippen LogP contribution in [0, 0.1) is 16.7 Å². The number of nitriles is 1. The van der Waals surface area contributed by atoms with E-state index in [4.69, 9.17) is 0 Å². The van der Waals surface area contributed by atoms with Gasteiger partial charge >= 0.3 is 6.09 Å². The number of piperazine rings is 1. The van der Waals surface area contributed by atoms with Gasteiger partial charge in [-0.25, -0.2) is 32.0 Å². The van der Waals surface area contributed by atoms with Crippen LogP contribution in [0.5, 0.6) is 0 Å². The van der Waals surface area contributed by atoms with E-state index in [1.807, 2.05) is 31.7 Å². The zero-order chi connectivity index (χ0) is 30.9. The Balaban J connectivity index is 1.55. The number of alkyl halides is 2. The van der Waals surface area contributed by atoms with Crippen LogP contribution in [-0.4, -0.2) is 80.5 Å². The fourth-order valence-corrected chi connectivity index (χ4v) is 7.54. The molecule has 1 saturated carbocycles. The number of nitrogens with zero attached hydrogens (tertiary/aromatic N) is 8. The summed E-state index contributed by atoms with van der Waals surface area (Å²) in [6, 6.07) is 6.02. The maximum absolute atomic E-state index is 13.5. The second kappa shape index (κ2) is 10.0. The van der Waals surface area contributed by atoms with Crippen molar-refractivity contribution in [1.82, 2.24) is 34.4 Å². The smallest absolute Gasteiger partial charge is 0.407 e. The number of nitrogens with one attached hydrogen (secondary N) is 1. The van der Waals surface area contributed by atoms with Crippen molar-refractivity contribution >= 4 is 55.2 Å². The van der Waals surface area contributed by atoms with Gasteiger partial charge in [0, 0.05) is 25.0 Å². The van der Waals surface area contributed by atoms with Gasteiger partial charge in [-0.3, -0.25) is 4.57 Å². The maximum atomic E-state index is 13.5. The molecule has 1 saturated heterocycles. The SMILES string of the molecule is CC(C)(C)C1CN(c2ncnc3c2c2ccc(S(=O)(=O)NC4(C#N)CC4)cc2n3-c2nnc(C(F)F)s2)CCN1C(=O)O. The lowest BCUT2D eigenvalue weighted by atomic mass is 9.84. The molecule has 1 amide bonds. The van der Waals surface area contributed by atoms with Gasteiger partial charge in [0.15, 0.2) is 10.7 Å². The molecule has 1 aliphatic carbocycles. The van der Waals surface area contributed by atoms with E-state index >= 15 is 0 Å². The summed E-state index contributed by atoms with van der Waals surface area (Å²) in [6.45, 7) is 6.77. The number of rotatable bonds is 6. The van der Waals surface area contributed by atoms with Crippen LogP contribution in [0.4, 0.5) is 19.4 Å². The first-order valence-corrected chi connectivity index (χ1v) is 15.7. The number of fused-ring (bicyclic) bond motifs is 3. The van der Waals surface area contributed by atoms with Crippen molar-refractivity contribution in [1.29, 1.82) is 5.26 Å². The average Bonchev–Trinajstić information content (AvgIpc) is 3.39. The minimum atomic E-state index is -4.12. The zero-order valence-electron chi connectivity index (χ0n) is 23.3. The predicted molar refractivity (Wildman–Crippen MR) is 153 cm³/mol. The third kappa shape index (κ3) is 5.02. The molecular weight excluding hydrogens is 604 g/mol. The molecule has 13 nitrogen and oxygen atoms in total. The molecule has 0 spiro atoms. The number of sulfonamides is 1. The van der Waals surface area contributed by atoms with Gasteiger partial charge in [-0.05, 0) is 30.4 Å². The molecule has 43 heavy (non-hydrogen) atoms. The molecule has 2 N–H and O–H groups in total. The summed E-state index contributed by atoms with van der Waals surface area (Å²) in [6.07, 6.45) is -1.75. The number of anilines is 1. The Labute approximate surface area is 248 Å². The highest BCUT2D eigenvalue weighted by Gasteiger charge is 2.47. The first kappa shape index (κ1) is 29.1. The molecule has 1 aromatic carbocycles. The van der Waals surface area contributed by atoms with E-state index in [1.165, 1.54) is 27.9 Å². The molecule has 0 radical (unpaired) electrons. The monoisotopic (exact) mass is 631 g/mol. The van der Waals surface area contributed by atoms with Crippen molar-refractivity contribution in [2.24, 2.45) is 5.41 Å². The van der Waals surface area contributed by atoms with Crippen LogP contribution in [0.2, 0.25) is 0 Å². The number of amides is 1. The zero-order valence-corrected chi connectivity index (χ0v) is 25.0. The average molecular weight is 632 g/mol. The second-order valence-electron chi connectivity index (χ2n) is 11.7. The first-order valence-electron chi connectivity index (χ1n) is 13.4. The Hall–Kier alpha value is -4.01. The minimum Gasteiger partial charge on any atom is -0.465 e. The minimum absolute atomic E-state index is 0.0569. The predicted octanol–water partition coefficient (Wildman–Crippen LogP) is 3.91. The number of hydrogen-bond acceptors (Lipinski definition) is 10. The number of carboxylic acid groups (broad SMARTS) is 1. The molecule has 3 aromatic heterocycles. The Bertz CT molecular complexity index is 1910. The summed E-state index contributed by atoms with van der Waals surface area (Å²) in [5.41, 5.74) is -0.932. The van der Waals surface area contributed by atoms with Crippen LogP contribution in [0.25, 0.3) is 27.1 Å². The Morgan fingerprint density at radius 1 is 1.23 bits per heavy atom. The van der Waals surface area contributed by atoms with Crippen LogP contribution in [0.15, 0.2) is 29.4 Å². The number of halogens is 2. The summed E-state index contributed by atoms with van der Waals surface area (Å²) in [7, 11) is -4.12. The van der Waals surface area contributed by atoms with Gasteiger partial charge < -0.3 is 14.9 Å².